The minimum absolute atomic E-state index is 0.0361. The molecule has 22 heavy (non-hydrogen) atoms. The third kappa shape index (κ3) is 2.21. The molecule has 0 amide bonds. The van der Waals surface area contributed by atoms with Gasteiger partial charge < -0.3 is 9.88 Å². The molecule has 3 heterocycles. The number of nitrogens with zero attached hydrogens (tertiary/aromatic N) is 2. The second kappa shape index (κ2) is 5.16. The van der Waals surface area contributed by atoms with Gasteiger partial charge in [0.05, 0.1) is 6.04 Å². The molecule has 2 aliphatic heterocycles. The topological polar surface area (TPSA) is 76.0 Å². The van der Waals surface area contributed by atoms with E-state index in [0.29, 0.717) is 18.2 Å². The fourth-order valence-corrected chi connectivity index (χ4v) is 5.79. The van der Waals surface area contributed by atoms with Gasteiger partial charge in [0.15, 0.2) is 15.3 Å². The first kappa shape index (κ1) is 14.4. The lowest BCUT2D eigenvalue weighted by atomic mass is 10.1. The van der Waals surface area contributed by atoms with Crippen LogP contribution in [-0.4, -0.2) is 30.3 Å². The minimum Gasteiger partial charge on any atom is -0.383 e. The molecule has 4 rings (SSSR count). The number of aromatic nitrogens is 2. The Hall–Kier alpha value is -1.22. The van der Waals surface area contributed by atoms with E-state index in [9.17, 15) is 8.42 Å². The molecular formula is C13H13ClN4O2S2. The SMILES string of the molecule is O=S(=O)(NC1CNc2ccccc21)c1c(Cl)nc2n1CCS2. The summed E-state index contributed by atoms with van der Waals surface area (Å²) in [5.74, 6) is 0.815. The molecule has 0 saturated carbocycles. The van der Waals surface area contributed by atoms with Crippen LogP contribution >= 0.6 is 23.4 Å². The number of para-hydroxylation sites is 1. The van der Waals surface area contributed by atoms with Gasteiger partial charge in [0.2, 0.25) is 0 Å². The number of benzene rings is 1. The molecule has 0 spiro atoms. The first-order valence-corrected chi connectivity index (χ1v) is 9.65. The molecule has 0 bridgehead atoms. The smallest absolute Gasteiger partial charge is 0.260 e. The summed E-state index contributed by atoms with van der Waals surface area (Å²) in [6.45, 7) is 1.13. The van der Waals surface area contributed by atoms with Gasteiger partial charge in [-0.1, -0.05) is 41.6 Å². The highest BCUT2D eigenvalue weighted by Gasteiger charge is 2.33. The Morgan fingerprint density at radius 1 is 1.41 bits per heavy atom. The Morgan fingerprint density at radius 2 is 2.23 bits per heavy atom. The van der Waals surface area contributed by atoms with Gasteiger partial charge in [-0.2, -0.15) is 0 Å². The van der Waals surface area contributed by atoms with E-state index in [1.807, 2.05) is 24.3 Å². The molecule has 0 fully saturated rings. The highest BCUT2D eigenvalue weighted by atomic mass is 35.5. The third-order valence-electron chi connectivity index (χ3n) is 3.78. The van der Waals surface area contributed by atoms with E-state index in [1.54, 1.807) is 4.57 Å². The average molecular weight is 357 g/mol. The van der Waals surface area contributed by atoms with E-state index < -0.39 is 10.0 Å². The molecule has 1 aromatic carbocycles. The van der Waals surface area contributed by atoms with Gasteiger partial charge in [-0.15, -0.1) is 0 Å². The molecule has 2 aromatic rings. The van der Waals surface area contributed by atoms with Crippen molar-refractivity contribution in [3.8, 4) is 0 Å². The summed E-state index contributed by atoms with van der Waals surface area (Å²) in [5, 5.41) is 3.97. The maximum atomic E-state index is 12.7. The van der Waals surface area contributed by atoms with Crippen molar-refractivity contribution < 1.29 is 8.42 Å². The third-order valence-corrected chi connectivity index (χ3v) is 6.63. The van der Waals surface area contributed by atoms with Crippen LogP contribution in [0.2, 0.25) is 5.15 Å². The van der Waals surface area contributed by atoms with E-state index in [1.165, 1.54) is 11.8 Å². The molecule has 1 unspecified atom stereocenters. The normalized spacial score (nSPS) is 19.8. The molecule has 0 saturated heterocycles. The van der Waals surface area contributed by atoms with Crippen LogP contribution in [0.4, 0.5) is 5.69 Å². The molecule has 0 radical (unpaired) electrons. The first-order valence-electron chi connectivity index (χ1n) is 6.80. The zero-order valence-corrected chi connectivity index (χ0v) is 13.8. The lowest BCUT2D eigenvalue weighted by Crippen LogP contribution is -2.31. The number of thioether (sulfide) groups is 1. The Labute approximate surface area is 137 Å². The molecule has 9 heteroatoms. The number of halogens is 1. The van der Waals surface area contributed by atoms with Crippen molar-refractivity contribution in [1.82, 2.24) is 14.3 Å². The zero-order valence-electron chi connectivity index (χ0n) is 11.4. The van der Waals surface area contributed by atoms with Crippen LogP contribution in [0.25, 0.3) is 0 Å². The standard InChI is InChI=1S/C13H13ClN4O2S2/c14-11-12(18-5-6-21-13(18)16-11)22(19,20)17-10-7-15-9-4-2-1-3-8(9)10/h1-4,10,15,17H,5-7H2. The second-order valence-corrected chi connectivity index (χ2v) is 8.18. The van der Waals surface area contributed by atoms with Gasteiger partial charge in [0.25, 0.3) is 10.0 Å². The number of nitrogens with one attached hydrogen (secondary N) is 2. The van der Waals surface area contributed by atoms with E-state index in [-0.39, 0.29) is 16.2 Å². The highest BCUT2D eigenvalue weighted by molar-refractivity contribution is 7.99. The van der Waals surface area contributed by atoms with Gasteiger partial charge in [0.1, 0.15) is 0 Å². The molecule has 0 aliphatic carbocycles. The maximum absolute atomic E-state index is 12.7. The fourth-order valence-electron chi connectivity index (χ4n) is 2.81. The molecule has 1 aromatic heterocycles. The van der Waals surface area contributed by atoms with E-state index in [4.69, 9.17) is 11.6 Å². The second-order valence-electron chi connectivity index (χ2n) is 5.13. The number of fused-ring (bicyclic) bond motifs is 2. The summed E-state index contributed by atoms with van der Waals surface area (Å²) in [6.07, 6.45) is 0. The van der Waals surface area contributed by atoms with Crippen molar-refractivity contribution in [2.45, 2.75) is 22.8 Å². The van der Waals surface area contributed by atoms with E-state index in [0.717, 1.165) is 17.0 Å². The number of hydrogen-bond donors (Lipinski definition) is 2. The summed E-state index contributed by atoms with van der Waals surface area (Å²) in [7, 11) is -3.73. The Bertz CT molecular complexity index is 850. The van der Waals surface area contributed by atoms with Crippen molar-refractivity contribution >= 4 is 39.1 Å². The van der Waals surface area contributed by atoms with Crippen LogP contribution in [0.1, 0.15) is 11.6 Å². The zero-order chi connectivity index (χ0) is 15.3. The van der Waals surface area contributed by atoms with Gasteiger partial charge in [-0.25, -0.2) is 18.1 Å². The van der Waals surface area contributed by atoms with Crippen LogP contribution in [0.15, 0.2) is 34.4 Å². The predicted molar refractivity (Wildman–Crippen MR) is 86.0 cm³/mol. The van der Waals surface area contributed by atoms with Crippen LogP contribution in [-0.2, 0) is 16.6 Å². The van der Waals surface area contributed by atoms with Crippen molar-refractivity contribution in [2.24, 2.45) is 0 Å². The summed E-state index contributed by atoms with van der Waals surface area (Å²) in [5.41, 5.74) is 1.90. The maximum Gasteiger partial charge on any atom is 0.260 e. The fraction of sp³-hybridized carbons (Fsp3) is 0.308. The number of sulfonamides is 1. The average Bonchev–Trinajstić information content (AvgIpc) is 3.13. The Balaban J connectivity index is 1.69. The van der Waals surface area contributed by atoms with Crippen LogP contribution in [0.5, 0.6) is 0 Å². The quantitative estimate of drug-likeness (QED) is 0.880. The number of anilines is 1. The largest absolute Gasteiger partial charge is 0.383 e. The van der Waals surface area contributed by atoms with E-state index >= 15 is 0 Å². The summed E-state index contributed by atoms with van der Waals surface area (Å²) < 4.78 is 29.9. The lowest BCUT2D eigenvalue weighted by molar-refractivity contribution is 0.546. The molecule has 2 N–H and O–H groups in total. The van der Waals surface area contributed by atoms with Crippen LogP contribution < -0.4 is 10.0 Å². The molecule has 2 aliphatic rings. The Kier molecular flexibility index (Phi) is 3.37. The van der Waals surface area contributed by atoms with Crippen molar-refractivity contribution in [2.75, 3.05) is 17.6 Å². The van der Waals surface area contributed by atoms with Gasteiger partial charge in [-0.05, 0) is 11.6 Å². The monoisotopic (exact) mass is 356 g/mol. The van der Waals surface area contributed by atoms with Gasteiger partial charge in [-0.3, -0.25) is 0 Å². The molecule has 6 nitrogen and oxygen atoms in total. The van der Waals surface area contributed by atoms with Crippen molar-refractivity contribution in [3.05, 3.63) is 35.0 Å². The van der Waals surface area contributed by atoms with E-state index in [2.05, 4.69) is 15.0 Å². The predicted octanol–water partition coefficient (Wildman–Crippen LogP) is 2.09. The van der Waals surface area contributed by atoms with Crippen molar-refractivity contribution in [3.63, 3.8) is 0 Å². The van der Waals surface area contributed by atoms with Gasteiger partial charge >= 0.3 is 0 Å². The Morgan fingerprint density at radius 3 is 3.09 bits per heavy atom. The summed E-state index contributed by atoms with van der Waals surface area (Å²) in [6, 6.07) is 7.36. The number of rotatable bonds is 3. The minimum atomic E-state index is -3.73. The number of hydrogen-bond acceptors (Lipinski definition) is 5. The number of imidazole rings is 1. The summed E-state index contributed by atoms with van der Waals surface area (Å²) >= 11 is 7.57. The van der Waals surface area contributed by atoms with Crippen LogP contribution in [0, 0.1) is 0 Å². The molecule has 116 valence electrons. The molecule has 1 atom stereocenters. The van der Waals surface area contributed by atoms with Crippen LogP contribution in [0.3, 0.4) is 0 Å². The van der Waals surface area contributed by atoms with Crippen molar-refractivity contribution in [1.29, 1.82) is 0 Å². The van der Waals surface area contributed by atoms with Gasteiger partial charge in [0, 0.05) is 24.5 Å². The lowest BCUT2D eigenvalue weighted by Gasteiger charge is -2.14. The first-order chi connectivity index (χ1) is 10.6. The highest BCUT2D eigenvalue weighted by Crippen LogP contribution is 2.35. The summed E-state index contributed by atoms with van der Waals surface area (Å²) in [4.78, 5) is 4.13. The molecular weight excluding hydrogens is 344 g/mol.